The Kier molecular flexibility index (Phi) is 5.68. The molecule has 1 atom stereocenters. The summed E-state index contributed by atoms with van der Waals surface area (Å²) in [5.41, 5.74) is -0.113. The molecule has 1 aliphatic heterocycles. The number of β-amino-alcohol motifs (C(OH)–C–C–N with tert-alkyl or cyclic N) is 1. The molecule has 1 aliphatic rings. The van der Waals surface area contributed by atoms with Gasteiger partial charge in [0.25, 0.3) is 0 Å². The van der Waals surface area contributed by atoms with Crippen molar-refractivity contribution >= 4 is 11.9 Å². The average molecular weight is 356 g/mol. The quantitative estimate of drug-likeness (QED) is 0.808. The number of hydrogen-bond donors (Lipinski definition) is 2. The van der Waals surface area contributed by atoms with Crippen LogP contribution in [0.25, 0.3) is 0 Å². The van der Waals surface area contributed by atoms with Gasteiger partial charge in [0.1, 0.15) is 5.75 Å². The minimum absolute atomic E-state index is 0.125. The predicted octanol–water partition coefficient (Wildman–Crippen LogP) is 1.18. The second-order valence-electron chi connectivity index (χ2n) is 6.60. The molecule has 0 radical (unpaired) electrons. The van der Waals surface area contributed by atoms with E-state index in [9.17, 15) is 9.90 Å². The van der Waals surface area contributed by atoms with Crippen LogP contribution in [0.5, 0.6) is 5.75 Å². The van der Waals surface area contributed by atoms with Crippen LogP contribution in [0.15, 0.2) is 42.7 Å². The van der Waals surface area contributed by atoms with Crippen molar-refractivity contribution in [3.05, 3.63) is 48.3 Å². The van der Waals surface area contributed by atoms with E-state index in [1.165, 1.54) is 0 Å². The van der Waals surface area contributed by atoms with Crippen LogP contribution in [0, 0.1) is 0 Å². The molecule has 0 spiro atoms. The molecule has 1 saturated heterocycles. The smallest absolute Gasteiger partial charge is 0.225 e. The van der Waals surface area contributed by atoms with Crippen molar-refractivity contribution < 1.29 is 14.6 Å². The fourth-order valence-corrected chi connectivity index (χ4v) is 3.18. The summed E-state index contributed by atoms with van der Waals surface area (Å²) in [4.78, 5) is 22.7. The second kappa shape index (κ2) is 8.14. The predicted molar refractivity (Wildman–Crippen MR) is 98.1 cm³/mol. The zero-order valence-electron chi connectivity index (χ0n) is 14.9. The van der Waals surface area contributed by atoms with Crippen molar-refractivity contribution in [2.24, 2.45) is 0 Å². The highest BCUT2D eigenvalue weighted by Gasteiger charge is 2.34. The number of aliphatic hydroxyl groups is 1. The fraction of sp³-hybridized carbons (Fsp3) is 0.421. The molecule has 2 N–H and O–H groups in total. The maximum Gasteiger partial charge on any atom is 0.225 e. The summed E-state index contributed by atoms with van der Waals surface area (Å²) < 4.78 is 5.17. The van der Waals surface area contributed by atoms with Gasteiger partial charge < -0.3 is 20.1 Å². The maximum atomic E-state index is 12.2. The lowest BCUT2D eigenvalue weighted by molar-refractivity contribution is -0.121. The fourth-order valence-electron chi connectivity index (χ4n) is 3.18. The molecule has 0 bridgehead atoms. The Morgan fingerprint density at radius 2 is 2.15 bits per heavy atom. The standard InChI is InChI=1S/C19H24N4O3/c1-26-16-6-2-5-15(11-16)12-17(24)22-13-19(25)7-3-10-23(14-19)18-20-8-4-9-21-18/h2,4-6,8-9,11,25H,3,7,10,12-14H2,1H3,(H,22,24)/t19-/m1/s1. The van der Waals surface area contributed by atoms with Crippen LogP contribution in [0.2, 0.25) is 0 Å². The molecule has 26 heavy (non-hydrogen) atoms. The van der Waals surface area contributed by atoms with Gasteiger partial charge in [-0.1, -0.05) is 12.1 Å². The van der Waals surface area contributed by atoms with E-state index in [4.69, 9.17) is 4.74 Å². The normalized spacial score (nSPS) is 19.8. The number of benzene rings is 1. The lowest BCUT2D eigenvalue weighted by atomic mass is 9.93. The lowest BCUT2D eigenvalue weighted by Gasteiger charge is -2.39. The van der Waals surface area contributed by atoms with E-state index in [-0.39, 0.29) is 18.9 Å². The van der Waals surface area contributed by atoms with Crippen molar-refractivity contribution in [3.63, 3.8) is 0 Å². The minimum atomic E-state index is -0.985. The number of aromatic nitrogens is 2. The number of piperidine rings is 1. The number of ether oxygens (including phenoxy) is 1. The van der Waals surface area contributed by atoms with E-state index < -0.39 is 5.60 Å². The largest absolute Gasteiger partial charge is 0.497 e. The zero-order chi connectivity index (χ0) is 18.4. The molecule has 3 rings (SSSR count). The van der Waals surface area contributed by atoms with Gasteiger partial charge in [-0.15, -0.1) is 0 Å². The van der Waals surface area contributed by atoms with Gasteiger partial charge >= 0.3 is 0 Å². The first-order valence-corrected chi connectivity index (χ1v) is 8.72. The van der Waals surface area contributed by atoms with Crippen molar-refractivity contribution in [2.45, 2.75) is 24.9 Å². The molecule has 138 valence electrons. The summed E-state index contributed by atoms with van der Waals surface area (Å²) in [5, 5.41) is 13.7. The lowest BCUT2D eigenvalue weighted by Crippen LogP contribution is -2.54. The number of methoxy groups -OCH3 is 1. The first-order valence-electron chi connectivity index (χ1n) is 8.72. The minimum Gasteiger partial charge on any atom is -0.497 e. The van der Waals surface area contributed by atoms with Crippen LogP contribution in [0.1, 0.15) is 18.4 Å². The van der Waals surface area contributed by atoms with Crippen molar-refractivity contribution in [2.75, 3.05) is 31.6 Å². The molecule has 2 aromatic rings. The highest BCUT2D eigenvalue weighted by molar-refractivity contribution is 5.78. The zero-order valence-corrected chi connectivity index (χ0v) is 14.9. The van der Waals surface area contributed by atoms with E-state index in [2.05, 4.69) is 15.3 Å². The second-order valence-corrected chi connectivity index (χ2v) is 6.60. The summed E-state index contributed by atoms with van der Waals surface area (Å²) in [7, 11) is 1.60. The van der Waals surface area contributed by atoms with Crippen LogP contribution in [-0.2, 0) is 11.2 Å². The number of amides is 1. The molecule has 1 aromatic carbocycles. The van der Waals surface area contributed by atoms with Crippen LogP contribution in [0.4, 0.5) is 5.95 Å². The van der Waals surface area contributed by atoms with Gasteiger partial charge in [-0.2, -0.15) is 0 Å². The Morgan fingerprint density at radius 3 is 2.92 bits per heavy atom. The number of rotatable bonds is 6. The van der Waals surface area contributed by atoms with Crippen molar-refractivity contribution in [1.82, 2.24) is 15.3 Å². The molecule has 0 aliphatic carbocycles. The highest BCUT2D eigenvalue weighted by Crippen LogP contribution is 2.23. The Morgan fingerprint density at radius 1 is 1.35 bits per heavy atom. The molecule has 1 aromatic heterocycles. The van der Waals surface area contributed by atoms with E-state index >= 15 is 0 Å². The van der Waals surface area contributed by atoms with Gasteiger partial charge in [0, 0.05) is 25.5 Å². The SMILES string of the molecule is COc1cccc(CC(=O)NC[C@]2(O)CCCN(c3ncccn3)C2)c1. The van der Waals surface area contributed by atoms with Crippen molar-refractivity contribution in [1.29, 1.82) is 0 Å². The van der Waals surface area contributed by atoms with Gasteiger partial charge in [-0.05, 0) is 36.6 Å². The van der Waals surface area contributed by atoms with Gasteiger partial charge in [0.15, 0.2) is 0 Å². The first-order chi connectivity index (χ1) is 12.6. The molecule has 0 unspecified atom stereocenters. The highest BCUT2D eigenvalue weighted by atomic mass is 16.5. The molecule has 2 heterocycles. The summed E-state index contributed by atoms with van der Waals surface area (Å²) in [6, 6.07) is 9.17. The van der Waals surface area contributed by atoms with Crippen molar-refractivity contribution in [3.8, 4) is 5.75 Å². The van der Waals surface area contributed by atoms with E-state index in [1.54, 1.807) is 25.6 Å². The van der Waals surface area contributed by atoms with Crippen LogP contribution < -0.4 is 15.0 Å². The summed E-state index contributed by atoms with van der Waals surface area (Å²) >= 11 is 0. The number of hydrogen-bond acceptors (Lipinski definition) is 6. The number of nitrogens with zero attached hydrogens (tertiary/aromatic N) is 3. The maximum absolute atomic E-state index is 12.2. The Hall–Kier alpha value is -2.67. The van der Waals surface area contributed by atoms with Crippen LogP contribution >= 0.6 is 0 Å². The third kappa shape index (κ3) is 4.70. The van der Waals surface area contributed by atoms with E-state index in [0.29, 0.717) is 18.9 Å². The van der Waals surface area contributed by atoms with E-state index in [1.807, 2.05) is 29.2 Å². The number of nitrogens with one attached hydrogen (secondary N) is 1. The average Bonchev–Trinajstić information content (AvgIpc) is 2.67. The molecular formula is C19H24N4O3. The summed E-state index contributed by atoms with van der Waals surface area (Å²) in [6.07, 6.45) is 5.08. The molecule has 1 amide bonds. The number of carbonyl (C=O) groups is 1. The molecule has 0 saturated carbocycles. The van der Waals surface area contributed by atoms with Gasteiger partial charge in [0.2, 0.25) is 11.9 Å². The van der Waals surface area contributed by atoms with E-state index in [0.717, 1.165) is 24.3 Å². The Labute approximate surface area is 153 Å². The number of anilines is 1. The molecule has 7 heteroatoms. The molecule has 7 nitrogen and oxygen atoms in total. The topological polar surface area (TPSA) is 87.6 Å². The molecular weight excluding hydrogens is 332 g/mol. The Balaban J connectivity index is 1.55. The van der Waals surface area contributed by atoms with Crippen LogP contribution in [-0.4, -0.2) is 53.3 Å². The monoisotopic (exact) mass is 356 g/mol. The molecule has 1 fully saturated rings. The first kappa shape index (κ1) is 18.1. The summed E-state index contributed by atoms with van der Waals surface area (Å²) in [6.45, 7) is 1.40. The van der Waals surface area contributed by atoms with Gasteiger partial charge in [-0.25, -0.2) is 9.97 Å². The third-order valence-electron chi connectivity index (χ3n) is 4.50. The van der Waals surface area contributed by atoms with Gasteiger partial charge in [-0.3, -0.25) is 4.79 Å². The third-order valence-corrected chi connectivity index (χ3v) is 4.50. The van der Waals surface area contributed by atoms with Gasteiger partial charge in [0.05, 0.1) is 25.7 Å². The number of carbonyl (C=O) groups excluding carboxylic acids is 1. The van der Waals surface area contributed by atoms with Crippen LogP contribution in [0.3, 0.4) is 0 Å². The Bertz CT molecular complexity index is 741. The summed E-state index contributed by atoms with van der Waals surface area (Å²) in [5.74, 6) is 1.20.